The molecule has 8 heteroatoms. The Balaban J connectivity index is 2.45. The van der Waals surface area contributed by atoms with Gasteiger partial charge in [0.05, 0.1) is 13.0 Å². The molecule has 0 aliphatic rings. The fraction of sp³-hybridized carbons (Fsp3) is 0.462. The number of carbonyl (C=O) groups is 3. The van der Waals surface area contributed by atoms with Crippen LogP contribution in [0.15, 0.2) is 21.2 Å². The number of aliphatic carboxylic acids is 1. The van der Waals surface area contributed by atoms with E-state index in [0.29, 0.717) is 4.67 Å². The lowest BCUT2D eigenvalue weighted by molar-refractivity contribution is -0.138. The van der Waals surface area contributed by atoms with Gasteiger partial charge in [-0.25, -0.2) is 0 Å². The zero-order chi connectivity index (χ0) is 16.0. The minimum atomic E-state index is -0.988. The van der Waals surface area contributed by atoms with Crippen LogP contribution in [-0.4, -0.2) is 35.5 Å². The van der Waals surface area contributed by atoms with Crippen molar-refractivity contribution >= 4 is 33.7 Å². The molecule has 0 saturated carbocycles. The van der Waals surface area contributed by atoms with Crippen LogP contribution in [0.25, 0.3) is 0 Å². The van der Waals surface area contributed by atoms with E-state index in [2.05, 4.69) is 26.6 Å². The highest BCUT2D eigenvalue weighted by atomic mass is 79.9. The van der Waals surface area contributed by atoms with Crippen molar-refractivity contribution in [2.45, 2.75) is 26.3 Å². The van der Waals surface area contributed by atoms with E-state index in [9.17, 15) is 14.4 Å². The number of hydrogen-bond acceptors (Lipinski definition) is 4. The summed E-state index contributed by atoms with van der Waals surface area (Å²) in [5.74, 6) is -1.90. The monoisotopic (exact) mass is 360 g/mol. The molecular weight excluding hydrogens is 344 g/mol. The van der Waals surface area contributed by atoms with Gasteiger partial charge in [-0.2, -0.15) is 0 Å². The first kappa shape index (κ1) is 17.2. The average molecular weight is 361 g/mol. The predicted molar refractivity (Wildman–Crippen MR) is 77.8 cm³/mol. The molecule has 1 heterocycles. The second kappa shape index (κ2) is 7.82. The quantitative estimate of drug-likeness (QED) is 0.680. The lowest BCUT2D eigenvalue weighted by Crippen LogP contribution is -2.45. The summed E-state index contributed by atoms with van der Waals surface area (Å²) in [6, 6.07) is 2.56. The van der Waals surface area contributed by atoms with Crippen LogP contribution in [0.1, 0.15) is 30.8 Å². The Bertz CT molecular complexity index is 526. The number of carbonyl (C=O) groups excluding carboxylic acids is 2. The van der Waals surface area contributed by atoms with Gasteiger partial charge in [-0.3, -0.25) is 14.4 Å². The molecule has 2 amide bonds. The maximum Gasteiger partial charge on any atom is 0.305 e. The van der Waals surface area contributed by atoms with Gasteiger partial charge < -0.3 is 20.2 Å². The summed E-state index contributed by atoms with van der Waals surface area (Å²) in [4.78, 5) is 34.1. The molecule has 1 unspecified atom stereocenters. The fourth-order valence-corrected chi connectivity index (χ4v) is 1.89. The molecule has 0 aliphatic heterocycles. The van der Waals surface area contributed by atoms with Gasteiger partial charge in [0.15, 0.2) is 10.4 Å². The number of halogens is 1. The summed E-state index contributed by atoms with van der Waals surface area (Å²) in [6.07, 6.45) is -0.164. The Morgan fingerprint density at radius 1 is 1.33 bits per heavy atom. The number of carboxylic acid groups (broad SMARTS) is 1. The second-order valence-corrected chi connectivity index (χ2v) is 5.58. The molecule has 7 nitrogen and oxygen atoms in total. The Kier molecular flexibility index (Phi) is 6.41. The SMILES string of the molecule is CC(C)C(CC(=O)O)NC(=O)CNC(=O)c1ccc(Br)o1. The van der Waals surface area contributed by atoms with Crippen LogP contribution in [0.2, 0.25) is 0 Å². The summed E-state index contributed by atoms with van der Waals surface area (Å²) in [5, 5.41) is 13.8. The summed E-state index contributed by atoms with van der Waals surface area (Å²) < 4.78 is 5.46. The highest BCUT2D eigenvalue weighted by Gasteiger charge is 2.20. The number of hydrogen-bond donors (Lipinski definition) is 3. The van der Waals surface area contributed by atoms with Crippen LogP contribution in [0.4, 0.5) is 0 Å². The van der Waals surface area contributed by atoms with Gasteiger partial charge in [-0.05, 0) is 34.0 Å². The van der Waals surface area contributed by atoms with Crippen LogP contribution >= 0.6 is 15.9 Å². The maximum absolute atomic E-state index is 11.7. The highest BCUT2D eigenvalue weighted by molar-refractivity contribution is 9.10. The third kappa shape index (κ3) is 5.99. The average Bonchev–Trinajstić information content (AvgIpc) is 2.81. The first-order valence-corrected chi connectivity index (χ1v) is 7.13. The molecule has 0 fully saturated rings. The lowest BCUT2D eigenvalue weighted by atomic mass is 10.0. The summed E-state index contributed by atoms with van der Waals surface area (Å²) in [5.41, 5.74) is 0. The zero-order valence-electron chi connectivity index (χ0n) is 11.7. The minimum Gasteiger partial charge on any atom is -0.481 e. The van der Waals surface area contributed by atoms with E-state index < -0.39 is 23.8 Å². The van der Waals surface area contributed by atoms with E-state index >= 15 is 0 Å². The van der Waals surface area contributed by atoms with Crippen LogP contribution in [0, 0.1) is 5.92 Å². The number of carboxylic acids is 1. The van der Waals surface area contributed by atoms with Crippen molar-refractivity contribution in [3.8, 4) is 0 Å². The van der Waals surface area contributed by atoms with Gasteiger partial charge in [-0.15, -0.1) is 0 Å². The Labute approximate surface area is 130 Å². The highest BCUT2D eigenvalue weighted by Crippen LogP contribution is 2.13. The number of amides is 2. The molecule has 0 aromatic carbocycles. The van der Waals surface area contributed by atoms with Crippen LogP contribution in [0.3, 0.4) is 0 Å². The predicted octanol–water partition coefficient (Wildman–Crippen LogP) is 1.39. The van der Waals surface area contributed by atoms with Gasteiger partial charge >= 0.3 is 5.97 Å². The molecule has 0 spiro atoms. The number of furan rings is 1. The van der Waals surface area contributed by atoms with Gasteiger partial charge in [0, 0.05) is 6.04 Å². The molecule has 21 heavy (non-hydrogen) atoms. The first-order chi connectivity index (χ1) is 9.79. The Morgan fingerprint density at radius 3 is 2.48 bits per heavy atom. The Hall–Kier alpha value is -1.83. The van der Waals surface area contributed by atoms with Crippen molar-refractivity contribution in [3.05, 3.63) is 22.6 Å². The summed E-state index contributed by atoms with van der Waals surface area (Å²) in [6.45, 7) is 3.37. The summed E-state index contributed by atoms with van der Waals surface area (Å²) in [7, 11) is 0. The van der Waals surface area contributed by atoms with Crippen molar-refractivity contribution in [3.63, 3.8) is 0 Å². The van der Waals surface area contributed by atoms with Gasteiger partial charge in [-0.1, -0.05) is 13.8 Å². The molecule has 0 bridgehead atoms. The zero-order valence-corrected chi connectivity index (χ0v) is 13.3. The van der Waals surface area contributed by atoms with Crippen LogP contribution in [-0.2, 0) is 9.59 Å². The summed E-state index contributed by atoms with van der Waals surface area (Å²) >= 11 is 3.07. The van der Waals surface area contributed by atoms with E-state index in [-0.39, 0.29) is 24.6 Å². The van der Waals surface area contributed by atoms with Crippen molar-refractivity contribution < 1.29 is 23.9 Å². The number of rotatable bonds is 7. The fourth-order valence-electron chi connectivity index (χ4n) is 1.58. The van der Waals surface area contributed by atoms with Gasteiger partial charge in [0.2, 0.25) is 5.91 Å². The third-order valence-electron chi connectivity index (χ3n) is 2.75. The molecule has 0 radical (unpaired) electrons. The molecule has 1 rings (SSSR count). The lowest BCUT2D eigenvalue weighted by Gasteiger charge is -2.20. The van der Waals surface area contributed by atoms with Crippen LogP contribution < -0.4 is 10.6 Å². The third-order valence-corrected chi connectivity index (χ3v) is 3.18. The molecule has 1 aromatic heterocycles. The molecule has 1 atom stereocenters. The molecule has 116 valence electrons. The van der Waals surface area contributed by atoms with Crippen molar-refractivity contribution in [2.24, 2.45) is 5.92 Å². The van der Waals surface area contributed by atoms with Gasteiger partial charge in [0.1, 0.15) is 0 Å². The van der Waals surface area contributed by atoms with E-state index in [0.717, 1.165) is 0 Å². The number of nitrogens with one attached hydrogen (secondary N) is 2. The normalized spacial score (nSPS) is 12.0. The van der Waals surface area contributed by atoms with Crippen LogP contribution in [0.5, 0.6) is 0 Å². The molecule has 1 aromatic rings. The van der Waals surface area contributed by atoms with E-state index in [1.807, 2.05) is 13.8 Å². The molecular formula is C13H17BrN2O5. The van der Waals surface area contributed by atoms with Crippen molar-refractivity contribution in [2.75, 3.05) is 6.54 Å². The van der Waals surface area contributed by atoms with E-state index in [4.69, 9.17) is 9.52 Å². The van der Waals surface area contributed by atoms with E-state index in [1.54, 1.807) is 6.07 Å². The first-order valence-electron chi connectivity index (χ1n) is 6.34. The largest absolute Gasteiger partial charge is 0.481 e. The topological polar surface area (TPSA) is 109 Å². The molecule has 0 aliphatic carbocycles. The standard InChI is InChI=1S/C13H17BrN2O5/c1-7(2)8(5-12(18)19)16-11(17)6-15-13(20)9-3-4-10(14)21-9/h3-4,7-8H,5-6H2,1-2H3,(H,15,20)(H,16,17)(H,18,19). The van der Waals surface area contributed by atoms with Crippen molar-refractivity contribution in [1.29, 1.82) is 0 Å². The second-order valence-electron chi connectivity index (χ2n) is 4.80. The van der Waals surface area contributed by atoms with Gasteiger partial charge in [0.25, 0.3) is 5.91 Å². The smallest absolute Gasteiger partial charge is 0.305 e. The van der Waals surface area contributed by atoms with Crippen molar-refractivity contribution in [1.82, 2.24) is 10.6 Å². The maximum atomic E-state index is 11.7. The van der Waals surface area contributed by atoms with E-state index in [1.165, 1.54) is 6.07 Å². The molecule has 3 N–H and O–H groups in total. The Morgan fingerprint density at radius 2 is 2.00 bits per heavy atom. The molecule has 0 saturated heterocycles. The minimum absolute atomic E-state index is 0.0261.